The zero-order valence-electron chi connectivity index (χ0n) is 12.9. The number of rotatable bonds is 4. The number of aryl methyl sites for hydroxylation is 1. The minimum absolute atomic E-state index is 0.157. The molecule has 0 spiro atoms. The monoisotopic (exact) mass is 330 g/mol. The number of carboxylic acids is 1. The highest BCUT2D eigenvalue weighted by Gasteiger charge is 2.33. The van der Waals surface area contributed by atoms with Crippen molar-refractivity contribution in [1.82, 2.24) is 9.88 Å². The van der Waals surface area contributed by atoms with E-state index in [1.807, 2.05) is 36.6 Å². The summed E-state index contributed by atoms with van der Waals surface area (Å²) in [5.41, 5.74) is 2.92. The van der Waals surface area contributed by atoms with Crippen LogP contribution in [0.5, 0.6) is 0 Å². The minimum Gasteiger partial charge on any atom is -0.480 e. The Hall–Kier alpha value is -2.21. The second kappa shape index (κ2) is 6.50. The Labute approximate surface area is 138 Å². The second-order valence-corrected chi connectivity index (χ2v) is 6.63. The van der Waals surface area contributed by atoms with Gasteiger partial charge < -0.3 is 10.0 Å². The van der Waals surface area contributed by atoms with Crippen molar-refractivity contribution >= 4 is 23.2 Å². The number of amides is 1. The standard InChI is InChI=1S/C17H18N2O3S/c1-11-4-6-12(7-5-11)16-18-13(10-23-16)9-15(20)19-8-2-3-14(19)17(21)22/h4-7,10,14H,2-3,8-9H2,1H3,(H,21,22). The summed E-state index contributed by atoms with van der Waals surface area (Å²) >= 11 is 1.50. The largest absolute Gasteiger partial charge is 0.480 e. The summed E-state index contributed by atoms with van der Waals surface area (Å²) in [5, 5.41) is 11.9. The molecule has 1 aromatic heterocycles. The zero-order chi connectivity index (χ0) is 16.4. The molecular formula is C17H18N2O3S. The number of carbonyl (C=O) groups excluding carboxylic acids is 1. The lowest BCUT2D eigenvalue weighted by Gasteiger charge is -2.20. The Morgan fingerprint density at radius 1 is 1.35 bits per heavy atom. The van der Waals surface area contributed by atoms with Gasteiger partial charge in [-0.05, 0) is 19.8 Å². The van der Waals surface area contributed by atoms with Crippen LogP contribution in [-0.2, 0) is 16.0 Å². The van der Waals surface area contributed by atoms with Gasteiger partial charge in [0, 0.05) is 17.5 Å². The summed E-state index contributed by atoms with van der Waals surface area (Å²) < 4.78 is 0. The van der Waals surface area contributed by atoms with Crippen LogP contribution in [0, 0.1) is 6.92 Å². The number of aliphatic carboxylic acids is 1. The molecule has 120 valence electrons. The molecular weight excluding hydrogens is 312 g/mol. The maximum absolute atomic E-state index is 12.3. The third kappa shape index (κ3) is 3.42. The lowest BCUT2D eigenvalue weighted by Crippen LogP contribution is -2.41. The van der Waals surface area contributed by atoms with Crippen LogP contribution in [0.25, 0.3) is 10.6 Å². The van der Waals surface area contributed by atoms with Crippen molar-refractivity contribution in [2.24, 2.45) is 0 Å². The molecule has 1 aromatic carbocycles. The molecule has 23 heavy (non-hydrogen) atoms. The van der Waals surface area contributed by atoms with Gasteiger partial charge in [0.05, 0.1) is 12.1 Å². The number of thiazole rings is 1. The van der Waals surface area contributed by atoms with Gasteiger partial charge in [-0.2, -0.15) is 0 Å². The molecule has 0 saturated carbocycles. The normalized spacial score (nSPS) is 17.4. The van der Waals surface area contributed by atoms with E-state index in [1.165, 1.54) is 21.8 Å². The molecule has 0 radical (unpaired) electrons. The molecule has 1 amide bonds. The van der Waals surface area contributed by atoms with Crippen molar-refractivity contribution in [2.45, 2.75) is 32.2 Å². The molecule has 1 aliphatic rings. The summed E-state index contributed by atoms with van der Waals surface area (Å²) in [6.07, 6.45) is 1.44. The molecule has 5 nitrogen and oxygen atoms in total. The second-order valence-electron chi connectivity index (χ2n) is 5.77. The average molecular weight is 330 g/mol. The number of carboxylic acid groups (broad SMARTS) is 1. The Kier molecular flexibility index (Phi) is 4.43. The van der Waals surface area contributed by atoms with Gasteiger partial charge in [-0.3, -0.25) is 4.79 Å². The molecule has 3 rings (SSSR count). The van der Waals surface area contributed by atoms with Crippen LogP contribution in [0.3, 0.4) is 0 Å². The molecule has 0 aliphatic carbocycles. The van der Waals surface area contributed by atoms with Crippen LogP contribution in [0.15, 0.2) is 29.6 Å². The van der Waals surface area contributed by atoms with E-state index < -0.39 is 12.0 Å². The van der Waals surface area contributed by atoms with Crippen LogP contribution in [0.1, 0.15) is 24.1 Å². The number of aromatic nitrogens is 1. The van der Waals surface area contributed by atoms with E-state index in [2.05, 4.69) is 4.98 Å². The Morgan fingerprint density at radius 3 is 2.78 bits per heavy atom. The van der Waals surface area contributed by atoms with Gasteiger partial charge in [-0.1, -0.05) is 29.8 Å². The zero-order valence-corrected chi connectivity index (χ0v) is 13.7. The quantitative estimate of drug-likeness (QED) is 0.936. The molecule has 2 aromatic rings. The highest BCUT2D eigenvalue weighted by atomic mass is 32.1. The first-order valence-electron chi connectivity index (χ1n) is 7.58. The van der Waals surface area contributed by atoms with Crippen molar-refractivity contribution < 1.29 is 14.7 Å². The van der Waals surface area contributed by atoms with Crippen molar-refractivity contribution in [2.75, 3.05) is 6.54 Å². The third-order valence-corrected chi connectivity index (χ3v) is 4.98. The van der Waals surface area contributed by atoms with E-state index in [1.54, 1.807) is 0 Å². The fourth-order valence-electron chi connectivity index (χ4n) is 2.80. The van der Waals surface area contributed by atoms with Crippen LogP contribution >= 0.6 is 11.3 Å². The van der Waals surface area contributed by atoms with E-state index in [0.717, 1.165) is 17.0 Å². The molecule has 1 atom stereocenters. The Balaban J connectivity index is 1.70. The fourth-order valence-corrected chi connectivity index (χ4v) is 3.62. The third-order valence-electron chi connectivity index (χ3n) is 4.04. The molecule has 1 N–H and O–H groups in total. The Bertz CT molecular complexity index is 724. The number of likely N-dealkylation sites (tertiary alicyclic amines) is 1. The molecule has 1 saturated heterocycles. The molecule has 2 heterocycles. The number of hydrogen-bond donors (Lipinski definition) is 1. The summed E-state index contributed by atoms with van der Waals surface area (Å²) in [6.45, 7) is 2.55. The number of carbonyl (C=O) groups is 2. The number of nitrogens with zero attached hydrogens (tertiary/aromatic N) is 2. The summed E-state index contributed by atoms with van der Waals surface area (Å²) in [6, 6.07) is 7.41. The predicted octanol–water partition coefficient (Wildman–Crippen LogP) is 2.74. The molecule has 1 unspecified atom stereocenters. The van der Waals surface area contributed by atoms with Crippen LogP contribution in [0.2, 0.25) is 0 Å². The van der Waals surface area contributed by atoms with Crippen LogP contribution < -0.4 is 0 Å². The lowest BCUT2D eigenvalue weighted by atomic mass is 10.2. The van der Waals surface area contributed by atoms with E-state index in [0.29, 0.717) is 18.7 Å². The van der Waals surface area contributed by atoms with Gasteiger partial charge in [0.2, 0.25) is 5.91 Å². The smallest absolute Gasteiger partial charge is 0.326 e. The summed E-state index contributed by atoms with van der Waals surface area (Å²) in [4.78, 5) is 29.5. The topological polar surface area (TPSA) is 70.5 Å². The van der Waals surface area contributed by atoms with E-state index in [-0.39, 0.29) is 12.3 Å². The van der Waals surface area contributed by atoms with Gasteiger partial charge in [-0.15, -0.1) is 11.3 Å². The number of hydrogen-bond acceptors (Lipinski definition) is 4. The number of benzene rings is 1. The first-order valence-corrected chi connectivity index (χ1v) is 8.46. The van der Waals surface area contributed by atoms with Gasteiger partial charge in [0.15, 0.2) is 0 Å². The maximum atomic E-state index is 12.3. The lowest BCUT2D eigenvalue weighted by molar-refractivity contribution is -0.148. The van der Waals surface area contributed by atoms with E-state index in [9.17, 15) is 9.59 Å². The van der Waals surface area contributed by atoms with Crippen LogP contribution in [-0.4, -0.2) is 39.5 Å². The first kappa shape index (κ1) is 15.7. The SMILES string of the molecule is Cc1ccc(-c2nc(CC(=O)N3CCCC3C(=O)O)cs2)cc1. The van der Waals surface area contributed by atoms with Crippen molar-refractivity contribution in [1.29, 1.82) is 0 Å². The Morgan fingerprint density at radius 2 is 2.09 bits per heavy atom. The van der Waals surface area contributed by atoms with Crippen LogP contribution in [0.4, 0.5) is 0 Å². The summed E-state index contributed by atoms with van der Waals surface area (Å²) in [7, 11) is 0. The molecule has 1 aliphatic heterocycles. The fraction of sp³-hybridized carbons (Fsp3) is 0.353. The molecule has 0 bridgehead atoms. The van der Waals surface area contributed by atoms with Gasteiger partial charge in [-0.25, -0.2) is 9.78 Å². The molecule has 1 fully saturated rings. The highest BCUT2D eigenvalue weighted by molar-refractivity contribution is 7.13. The van der Waals surface area contributed by atoms with Crippen molar-refractivity contribution in [3.63, 3.8) is 0 Å². The van der Waals surface area contributed by atoms with Crippen molar-refractivity contribution in [3.05, 3.63) is 40.9 Å². The maximum Gasteiger partial charge on any atom is 0.326 e. The average Bonchev–Trinajstić information content (AvgIpc) is 3.16. The van der Waals surface area contributed by atoms with Crippen molar-refractivity contribution in [3.8, 4) is 10.6 Å². The van der Waals surface area contributed by atoms with Gasteiger partial charge >= 0.3 is 5.97 Å². The summed E-state index contributed by atoms with van der Waals surface area (Å²) in [5.74, 6) is -1.08. The minimum atomic E-state index is -0.922. The predicted molar refractivity (Wildman–Crippen MR) is 88.4 cm³/mol. The first-order chi connectivity index (χ1) is 11.0. The molecule has 6 heteroatoms. The van der Waals surface area contributed by atoms with E-state index in [4.69, 9.17) is 5.11 Å². The van der Waals surface area contributed by atoms with Gasteiger partial charge in [0.25, 0.3) is 0 Å². The highest BCUT2D eigenvalue weighted by Crippen LogP contribution is 2.25. The van der Waals surface area contributed by atoms with E-state index >= 15 is 0 Å². The van der Waals surface area contributed by atoms with Gasteiger partial charge in [0.1, 0.15) is 11.0 Å².